The summed E-state index contributed by atoms with van der Waals surface area (Å²) < 4.78 is 68.6. The number of benzene rings is 4. The van der Waals surface area contributed by atoms with E-state index in [0.717, 1.165) is 6.07 Å². The van der Waals surface area contributed by atoms with Crippen LogP contribution in [0.1, 0.15) is 34.3 Å². The van der Waals surface area contributed by atoms with E-state index >= 15 is 0 Å². The Morgan fingerprint density at radius 2 is 1.54 bits per heavy atom. The van der Waals surface area contributed by atoms with Crippen LogP contribution in [0.15, 0.2) is 102 Å². The number of rotatable bonds is 9. The highest BCUT2D eigenvalue weighted by molar-refractivity contribution is 7.89. The molecule has 48 heavy (non-hydrogen) atoms. The van der Waals surface area contributed by atoms with Crippen LogP contribution in [0.2, 0.25) is 0 Å². The molecular formula is C35H35F3N4O5S. The molecule has 4 aromatic carbocycles. The van der Waals surface area contributed by atoms with Crippen LogP contribution in [0.4, 0.5) is 24.5 Å². The second-order valence-corrected chi connectivity index (χ2v) is 13.6. The average molecular weight is 681 g/mol. The summed E-state index contributed by atoms with van der Waals surface area (Å²) in [7, 11) is -2.30. The van der Waals surface area contributed by atoms with E-state index in [1.165, 1.54) is 29.6 Å². The number of nitrogens with one attached hydrogen (secondary N) is 2. The highest BCUT2D eigenvalue weighted by atomic mass is 32.2. The Hall–Kier alpha value is -4.72. The Morgan fingerprint density at radius 1 is 0.896 bits per heavy atom. The molecule has 5 rings (SSSR count). The molecule has 4 aromatic rings. The van der Waals surface area contributed by atoms with Crippen molar-refractivity contribution in [3.05, 3.63) is 114 Å². The molecule has 13 heteroatoms. The molecule has 1 fully saturated rings. The summed E-state index contributed by atoms with van der Waals surface area (Å²) in [5.74, 6) is -1.95. The van der Waals surface area contributed by atoms with Crippen LogP contribution < -0.4 is 16.4 Å². The largest absolute Gasteiger partial charge is 0.418 e. The van der Waals surface area contributed by atoms with Gasteiger partial charge in [-0.2, -0.15) is 17.5 Å². The van der Waals surface area contributed by atoms with Crippen LogP contribution in [0.5, 0.6) is 0 Å². The van der Waals surface area contributed by atoms with Gasteiger partial charge in [0.05, 0.1) is 10.5 Å². The molecule has 0 aromatic heterocycles. The van der Waals surface area contributed by atoms with E-state index in [1.807, 2.05) is 12.1 Å². The van der Waals surface area contributed by atoms with Gasteiger partial charge in [-0.1, -0.05) is 54.6 Å². The zero-order valence-corrected chi connectivity index (χ0v) is 26.8. The number of piperidine rings is 1. The van der Waals surface area contributed by atoms with Crippen molar-refractivity contribution < 1.29 is 36.3 Å². The van der Waals surface area contributed by atoms with E-state index in [9.17, 15) is 36.3 Å². The number of hydrogen-bond donors (Lipinski definition) is 4. The highest BCUT2D eigenvalue weighted by Gasteiger charge is 2.46. The van der Waals surface area contributed by atoms with Crippen molar-refractivity contribution in [1.82, 2.24) is 9.62 Å². The molecule has 252 valence electrons. The summed E-state index contributed by atoms with van der Waals surface area (Å²) in [6.07, 6.45) is -4.77. The number of hydrogen-bond acceptors (Lipinski definition) is 6. The summed E-state index contributed by atoms with van der Waals surface area (Å²) in [6.45, 7) is 0.0355. The van der Waals surface area contributed by atoms with Crippen molar-refractivity contribution in [3.8, 4) is 11.1 Å². The number of anilines is 2. The predicted molar refractivity (Wildman–Crippen MR) is 176 cm³/mol. The first-order valence-corrected chi connectivity index (χ1v) is 16.6. The predicted octanol–water partition coefficient (Wildman–Crippen LogP) is 5.33. The van der Waals surface area contributed by atoms with Gasteiger partial charge in [0.15, 0.2) is 0 Å². The fourth-order valence-corrected chi connectivity index (χ4v) is 7.49. The van der Waals surface area contributed by atoms with Crippen molar-refractivity contribution in [2.75, 3.05) is 31.2 Å². The number of nitrogens with zero attached hydrogens (tertiary/aromatic N) is 1. The maximum Gasteiger partial charge on any atom is 0.418 e. The lowest BCUT2D eigenvalue weighted by Gasteiger charge is -2.40. The quantitative estimate of drug-likeness (QED) is 0.176. The molecule has 1 atom stereocenters. The number of aliphatic hydroxyl groups is 1. The molecule has 1 saturated heterocycles. The van der Waals surface area contributed by atoms with Crippen molar-refractivity contribution in [3.63, 3.8) is 0 Å². The molecule has 0 bridgehead atoms. The third-order valence-electron chi connectivity index (χ3n) is 8.61. The minimum absolute atomic E-state index is 0.0178. The Balaban J connectivity index is 1.46. The summed E-state index contributed by atoms with van der Waals surface area (Å²) in [4.78, 5) is 26.3. The fraction of sp³-hybridized carbons (Fsp3) is 0.257. The molecule has 0 spiro atoms. The second-order valence-electron chi connectivity index (χ2n) is 11.7. The van der Waals surface area contributed by atoms with Gasteiger partial charge in [-0.05, 0) is 77.9 Å². The van der Waals surface area contributed by atoms with Gasteiger partial charge in [-0.15, -0.1) is 0 Å². The number of halogens is 3. The first-order valence-electron chi connectivity index (χ1n) is 15.2. The lowest BCUT2D eigenvalue weighted by Crippen LogP contribution is -2.54. The van der Waals surface area contributed by atoms with Crippen LogP contribution in [-0.2, 0) is 27.4 Å². The van der Waals surface area contributed by atoms with Gasteiger partial charge in [-0.25, -0.2) is 8.42 Å². The molecule has 0 aliphatic carbocycles. The van der Waals surface area contributed by atoms with Gasteiger partial charge in [-0.3, -0.25) is 9.59 Å². The zero-order valence-electron chi connectivity index (χ0n) is 26.0. The zero-order chi connectivity index (χ0) is 34.7. The molecule has 5 N–H and O–H groups in total. The summed E-state index contributed by atoms with van der Waals surface area (Å²) in [5.41, 5.74) is 3.95. The molecular weight excluding hydrogens is 645 g/mol. The van der Waals surface area contributed by atoms with Crippen LogP contribution >= 0.6 is 0 Å². The van der Waals surface area contributed by atoms with E-state index in [1.54, 1.807) is 54.6 Å². The molecule has 2 amide bonds. The topological polar surface area (TPSA) is 142 Å². The van der Waals surface area contributed by atoms with E-state index in [4.69, 9.17) is 5.73 Å². The van der Waals surface area contributed by atoms with Crippen molar-refractivity contribution in [2.24, 2.45) is 5.92 Å². The molecule has 1 aliphatic heterocycles. The highest BCUT2D eigenvalue weighted by Crippen LogP contribution is 2.38. The van der Waals surface area contributed by atoms with Gasteiger partial charge in [0, 0.05) is 43.5 Å². The third-order valence-corrected chi connectivity index (χ3v) is 10.5. The molecule has 1 unspecified atom stereocenters. The first-order chi connectivity index (χ1) is 22.7. The number of sulfonamides is 1. The van der Waals surface area contributed by atoms with Crippen LogP contribution in [-0.4, -0.2) is 55.4 Å². The van der Waals surface area contributed by atoms with Crippen LogP contribution in [0.3, 0.4) is 0 Å². The monoisotopic (exact) mass is 680 g/mol. The standard InChI is InChI=1S/C35H35F3N4O5S/c1-40-32(43)26-10-6-9-25(20-26)24-8-5-7-23(19-24)22-34(45,33(44)41-28-13-14-31(39)30(21-28)35(36,37)38)27-15-17-42(18-16-27)48(46,47)29-11-3-2-4-12-29/h2-14,19-21,27,45H,15-18,22,39H2,1H3,(H,40,43)(H,41,44). The van der Waals surface area contributed by atoms with E-state index < -0.39 is 44.9 Å². The van der Waals surface area contributed by atoms with Gasteiger partial charge >= 0.3 is 6.18 Å². The second kappa shape index (κ2) is 13.8. The van der Waals surface area contributed by atoms with Crippen molar-refractivity contribution in [2.45, 2.75) is 35.9 Å². The molecule has 0 saturated carbocycles. The maximum atomic E-state index is 13.9. The number of amides is 2. The minimum Gasteiger partial charge on any atom is -0.398 e. The number of carbonyl (C=O) groups is 2. The summed E-state index contributed by atoms with van der Waals surface area (Å²) in [5, 5.41) is 17.3. The van der Waals surface area contributed by atoms with Gasteiger partial charge < -0.3 is 21.5 Å². The lowest BCUT2D eigenvalue weighted by molar-refractivity contribution is -0.142. The van der Waals surface area contributed by atoms with E-state index in [0.29, 0.717) is 28.3 Å². The molecule has 1 aliphatic rings. The smallest absolute Gasteiger partial charge is 0.398 e. The van der Waals surface area contributed by atoms with Gasteiger partial charge in [0.1, 0.15) is 5.60 Å². The SMILES string of the molecule is CNC(=O)c1cccc(-c2cccc(CC(O)(C(=O)Nc3ccc(N)c(C(F)(F)F)c3)C3CCN(S(=O)(=O)c4ccccc4)CC3)c2)c1. The first kappa shape index (κ1) is 34.6. The summed E-state index contributed by atoms with van der Waals surface area (Å²) >= 11 is 0. The number of nitrogen functional groups attached to an aromatic ring is 1. The molecule has 0 radical (unpaired) electrons. The van der Waals surface area contributed by atoms with Gasteiger partial charge in [0.25, 0.3) is 11.8 Å². The van der Waals surface area contributed by atoms with Gasteiger partial charge in [0.2, 0.25) is 10.0 Å². The fourth-order valence-electron chi connectivity index (χ4n) is 6.00. The average Bonchev–Trinajstić information content (AvgIpc) is 3.08. The lowest BCUT2D eigenvalue weighted by atomic mass is 9.76. The van der Waals surface area contributed by atoms with Crippen molar-refractivity contribution >= 4 is 33.2 Å². The van der Waals surface area contributed by atoms with Crippen LogP contribution in [0.25, 0.3) is 11.1 Å². The Labute approximate surface area is 276 Å². The number of carbonyl (C=O) groups excluding carboxylic acids is 2. The van der Waals surface area contributed by atoms with Crippen molar-refractivity contribution in [1.29, 1.82) is 0 Å². The third kappa shape index (κ3) is 7.38. The van der Waals surface area contributed by atoms with E-state index in [2.05, 4.69) is 10.6 Å². The van der Waals surface area contributed by atoms with Crippen LogP contribution in [0, 0.1) is 5.92 Å². The maximum absolute atomic E-state index is 13.9. The minimum atomic E-state index is -4.77. The molecule has 9 nitrogen and oxygen atoms in total. The Kier molecular flexibility index (Phi) is 9.94. The van der Waals surface area contributed by atoms with E-state index in [-0.39, 0.29) is 48.8 Å². The summed E-state index contributed by atoms with van der Waals surface area (Å²) in [6, 6.07) is 24.8. The normalized spacial score (nSPS) is 15.8. The molecule has 1 heterocycles. The Morgan fingerprint density at radius 3 is 2.19 bits per heavy atom. The number of nitrogens with two attached hydrogens (primary N) is 1. The Bertz CT molecular complexity index is 1910. The number of alkyl halides is 3.